The lowest BCUT2D eigenvalue weighted by atomic mass is 9.94. The van der Waals surface area contributed by atoms with Crippen molar-refractivity contribution < 1.29 is 4.79 Å². The summed E-state index contributed by atoms with van der Waals surface area (Å²) in [5.41, 5.74) is 2.86. The van der Waals surface area contributed by atoms with Crippen molar-refractivity contribution >= 4 is 16.8 Å². The van der Waals surface area contributed by atoms with Crippen molar-refractivity contribution in [2.75, 3.05) is 20.1 Å². The molecule has 1 saturated carbocycles. The van der Waals surface area contributed by atoms with Gasteiger partial charge in [0.1, 0.15) is 5.69 Å². The molecule has 2 N–H and O–H groups in total. The van der Waals surface area contributed by atoms with Gasteiger partial charge in [-0.2, -0.15) is 0 Å². The van der Waals surface area contributed by atoms with Crippen LogP contribution in [0.1, 0.15) is 48.2 Å². The number of rotatable bonds is 5. The molecule has 0 bridgehead atoms. The topological polar surface area (TPSA) is 48.1 Å². The van der Waals surface area contributed by atoms with Gasteiger partial charge in [0.05, 0.1) is 0 Å². The van der Waals surface area contributed by atoms with E-state index in [2.05, 4.69) is 35.2 Å². The van der Waals surface area contributed by atoms with Crippen LogP contribution >= 0.6 is 0 Å². The fraction of sp³-hybridized carbons (Fsp3) is 0.526. The Morgan fingerprint density at radius 1 is 1.30 bits per heavy atom. The lowest BCUT2D eigenvalue weighted by Crippen LogP contribution is -2.39. The molecule has 0 spiro atoms. The molecule has 1 aromatic heterocycles. The standard InChI is InChI=1S/C19H27N3O/c1-14-7-6-10-17-16(14)13-18(21-17)19(23)20-11-12-22(2)15-8-4-3-5-9-15/h6-7,10,13,15,21H,3-5,8-9,11-12H2,1-2H3,(H,20,23). The molecule has 1 amide bonds. The molecule has 4 nitrogen and oxygen atoms in total. The zero-order valence-corrected chi connectivity index (χ0v) is 14.2. The minimum absolute atomic E-state index is 0.0161. The maximum absolute atomic E-state index is 12.3. The van der Waals surface area contributed by atoms with E-state index < -0.39 is 0 Å². The molecule has 1 aliphatic carbocycles. The first-order chi connectivity index (χ1) is 11.1. The van der Waals surface area contributed by atoms with E-state index in [1.807, 2.05) is 18.2 Å². The highest BCUT2D eigenvalue weighted by Crippen LogP contribution is 2.21. The van der Waals surface area contributed by atoms with Crippen LogP contribution in [0.5, 0.6) is 0 Å². The maximum Gasteiger partial charge on any atom is 0.267 e. The average Bonchev–Trinajstić information content (AvgIpc) is 3.01. The van der Waals surface area contributed by atoms with Gasteiger partial charge in [0.2, 0.25) is 0 Å². The quantitative estimate of drug-likeness (QED) is 0.888. The summed E-state index contributed by atoms with van der Waals surface area (Å²) in [6.45, 7) is 3.67. The van der Waals surface area contributed by atoms with Crippen LogP contribution in [0.3, 0.4) is 0 Å². The van der Waals surface area contributed by atoms with E-state index in [0.717, 1.165) is 17.4 Å². The van der Waals surface area contributed by atoms with Crippen LogP contribution in [0.4, 0.5) is 0 Å². The van der Waals surface area contributed by atoms with Crippen LogP contribution in [0.2, 0.25) is 0 Å². The summed E-state index contributed by atoms with van der Waals surface area (Å²) in [7, 11) is 2.18. The van der Waals surface area contributed by atoms with Crippen molar-refractivity contribution in [3.8, 4) is 0 Å². The van der Waals surface area contributed by atoms with E-state index in [1.54, 1.807) is 0 Å². The number of nitrogens with one attached hydrogen (secondary N) is 2. The molecule has 0 saturated heterocycles. The largest absolute Gasteiger partial charge is 0.351 e. The Morgan fingerprint density at radius 3 is 2.83 bits per heavy atom. The highest BCUT2D eigenvalue weighted by molar-refractivity contribution is 5.98. The van der Waals surface area contributed by atoms with E-state index in [-0.39, 0.29) is 5.91 Å². The number of hydrogen-bond acceptors (Lipinski definition) is 2. The van der Waals surface area contributed by atoms with Crippen molar-refractivity contribution in [1.29, 1.82) is 0 Å². The van der Waals surface area contributed by atoms with Gasteiger partial charge in [-0.25, -0.2) is 0 Å². The molecule has 1 fully saturated rings. The summed E-state index contributed by atoms with van der Waals surface area (Å²) < 4.78 is 0. The molecular weight excluding hydrogens is 286 g/mol. The Morgan fingerprint density at radius 2 is 2.09 bits per heavy atom. The number of H-pyrrole nitrogens is 1. The van der Waals surface area contributed by atoms with Crippen LogP contribution in [-0.4, -0.2) is 42.0 Å². The number of fused-ring (bicyclic) bond motifs is 1. The first-order valence-corrected chi connectivity index (χ1v) is 8.72. The van der Waals surface area contributed by atoms with Crippen LogP contribution < -0.4 is 5.32 Å². The smallest absolute Gasteiger partial charge is 0.267 e. The maximum atomic E-state index is 12.3. The first-order valence-electron chi connectivity index (χ1n) is 8.72. The van der Waals surface area contributed by atoms with Gasteiger partial charge in [-0.1, -0.05) is 31.4 Å². The molecular formula is C19H27N3O. The van der Waals surface area contributed by atoms with Gasteiger partial charge >= 0.3 is 0 Å². The number of carbonyl (C=O) groups excluding carboxylic acids is 1. The molecule has 0 aliphatic heterocycles. The number of aromatic amines is 1. The highest BCUT2D eigenvalue weighted by atomic mass is 16.1. The fourth-order valence-electron chi connectivity index (χ4n) is 3.57. The van der Waals surface area contributed by atoms with Crippen molar-refractivity contribution in [3.05, 3.63) is 35.5 Å². The average molecular weight is 313 g/mol. The Balaban J connectivity index is 1.53. The van der Waals surface area contributed by atoms with Crippen molar-refractivity contribution in [2.45, 2.75) is 45.1 Å². The fourth-order valence-corrected chi connectivity index (χ4v) is 3.57. The van der Waals surface area contributed by atoms with Crippen molar-refractivity contribution in [2.24, 2.45) is 0 Å². The zero-order chi connectivity index (χ0) is 16.2. The molecule has 1 aromatic carbocycles. The second-order valence-electron chi connectivity index (χ2n) is 6.75. The number of carbonyl (C=O) groups is 1. The molecule has 0 unspecified atom stereocenters. The predicted octanol–water partition coefficient (Wildman–Crippen LogP) is 3.47. The van der Waals surface area contributed by atoms with Crippen LogP contribution in [0.25, 0.3) is 10.9 Å². The number of benzene rings is 1. The number of likely N-dealkylation sites (N-methyl/N-ethyl adjacent to an activating group) is 1. The summed E-state index contributed by atoms with van der Waals surface area (Å²) >= 11 is 0. The third kappa shape index (κ3) is 3.75. The van der Waals surface area contributed by atoms with Gasteiger partial charge in [0.15, 0.2) is 0 Å². The molecule has 23 heavy (non-hydrogen) atoms. The van der Waals surface area contributed by atoms with Crippen LogP contribution in [0, 0.1) is 6.92 Å². The normalized spacial score (nSPS) is 16.1. The third-order valence-electron chi connectivity index (χ3n) is 5.07. The second kappa shape index (κ2) is 7.18. The third-order valence-corrected chi connectivity index (χ3v) is 5.07. The number of hydrogen-bond donors (Lipinski definition) is 2. The van der Waals surface area contributed by atoms with E-state index in [0.29, 0.717) is 18.3 Å². The SMILES string of the molecule is Cc1cccc2[nH]c(C(=O)NCCN(C)C3CCCCC3)cc12. The molecule has 4 heteroatoms. The summed E-state index contributed by atoms with van der Waals surface area (Å²) in [4.78, 5) is 17.9. The summed E-state index contributed by atoms with van der Waals surface area (Å²) in [6.07, 6.45) is 6.66. The molecule has 1 aliphatic rings. The lowest BCUT2D eigenvalue weighted by Gasteiger charge is -2.31. The van der Waals surface area contributed by atoms with Gasteiger partial charge in [-0.15, -0.1) is 0 Å². The molecule has 0 atom stereocenters. The molecule has 124 valence electrons. The Labute approximate surface area is 138 Å². The van der Waals surface area contributed by atoms with E-state index in [4.69, 9.17) is 0 Å². The zero-order valence-electron chi connectivity index (χ0n) is 14.2. The Hall–Kier alpha value is -1.81. The molecule has 2 aromatic rings. The minimum atomic E-state index is -0.0161. The van der Waals surface area contributed by atoms with Gasteiger partial charge in [0, 0.05) is 30.0 Å². The monoisotopic (exact) mass is 313 g/mol. The second-order valence-corrected chi connectivity index (χ2v) is 6.75. The number of amides is 1. The molecule has 3 rings (SSSR count). The number of nitrogens with zero attached hydrogens (tertiary/aromatic N) is 1. The number of aryl methyl sites for hydroxylation is 1. The van der Waals surface area contributed by atoms with Gasteiger partial charge in [-0.05, 0) is 44.5 Å². The lowest BCUT2D eigenvalue weighted by molar-refractivity contribution is 0.0940. The van der Waals surface area contributed by atoms with E-state index in [9.17, 15) is 4.79 Å². The Bertz CT molecular complexity index is 670. The minimum Gasteiger partial charge on any atom is -0.351 e. The van der Waals surface area contributed by atoms with Gasteiger partial charge in [-0.3, -0.25) is 4.79 Å². The van der Waals surface area contributed by atoms with Crippen LogP contribution in [0.15, 0.2) is 24.3 Å². The number of aromatic nitrogens is 1. The highest BCUT2D eigenvalue weighted by Gasteiger charge is 2.18. The first kappa shape index (κ1) is 16.1. The summed E-state index contributed by atoms with van der Waals surface area (Å²) in [6, 6.07) is 8.73. The van der Waals surface area contributed by atoms with E-state index in [1.165, 1.54) is 37.7 Å². The predicted molar refractivity (Wildman–Crippen MR) is 94.9 cm³/mol. The molecule has 1 heterocycles. The summed E-state index contributed by atoms with van der Waals surface area (Å²) in [5.74, 6) is -0.0161. The van der Waals surface area contributed by atoms with E-state index >= 15 is 0 Å². The summed E-state index contributed by atoms with van der Waals surface area (Å²) in [5, 5.41) is 4.16. The van der Waals surface area contributed by atoms with Crippen molar-refractivity contribution in [3.63, 3.8) is 0 Å². The van der Waals surface area contributed by atoms with Crippen molar-refractivity contribution in [1.82, 2.24) is 15.2 Å². The van der Waals surface area contributed by atoms with Crippen LogP contribution in [-0.2, 0) is 0 Å². The van der Waals surface area contributed by atoms with Gasteiger partial charge in [0.25, 0.3) is 5.91 Å². The Kier molecular flexibility index (Phi) is 5.01. The molecule has 0 radical (unpaired) electrons. The van der Waals surface area contributed by atoms with Gasteiger partial charge < -0.3 is 15.2 Å².